The van der Waals surface area contributed by atoms with Crippen molar-refractivity contribution in [3.63, 3.8) is 0 Å². The Morgan fingerprint density at radius 2 is 2.10 bits per heavy atom. The lowest BCUT2D eigenvalue weighted by Gasteiger charge is -2.04. The van der Waals surface area contributed by atoms with E-state index in [0.29, 0.717) is 27.5 Å². The van der Waals surface area contributed by atoms with Crippen LogP contribution in [0.4, 0.5) is 4.39 Å². The first-order valence-electron chi connectivity index (χ1n) is 5.93. The zero-order valence-electron chi connectivity index (χ0n) is 10.6. The lowest BCUT2D eigenvalue weighted by atomic mass is 10.2. The number of imidazole rings is 1. The van der Waals surface area contributed by atoms with E-state index in [4.69, 9.17) is 16.9 Å². The number of hydrogen-bond acceptors (Lipinski definition) is 2. The predicted molar refractivity (Wildman–Crippen MR) is 75.8 cm³/mol. The number of aromatic nitrogens is 2. The van der Waals surface area contributed by atoms with Crippen LogP contribution >= 0.6 is 11.6 Å². The lowest BCUT2D eigenvalue weighted by Crippen LogP contribution is -1.94. The highest BCUT2D eigenvalue weighted by Crippen LogP contribution is 2.29. The Morgan fingerprint density at radius 3 is 2.85 bits per heavy atom. The summed E-state index contributed by atoms with van der Waals surface area (Å²) in [4.78, 5) is 4.40. The summed E-state index contributed by atoms with van der Waals surface area (Å²) in [6.45, 7) is 0. The average Bonchev–Trinajstić information content (AvgIpc) is 2.79. The summed E-state index contributed by atoms with van der Waals surface area (Å²) in [6, 6.07) is 11.7. The largest absolute Gasteiger partial charge is 0.327 e. The summed E-state index contributed by atoms with van der Waals surface area (Å²) in [5.74, 6) is 0.0500. The molecule has 3 nitrogen and oxygen atoms in total. The molecule has 0 unspecified atom stereocenters. The summed E-state index contributed by atoms with van der Waals surface area (Å²) in [5, 5.41) is 9.55. The smallest absolute Gasteiger partial charge is 0.143 e. The van der Waals surface area contributed by atoms with Gasteiger partial charge in [0, 0.05) is 12.1 Å². The molecule has 2 aromatic carbocycles. The normalized spacial score (nSPS) is 10.7. The molecule has 1 heterocycles. The Balaban J connectivity index is 2.36. The van der Waals surface area contributed by atoms with E-state index in [1.807, 2.05) is 6.07 Å². The van der Waals surface area contributed by atoms with Crippen LogP contribution in [0.3, 0.4) is 0 Å². The topological polar surface area (TPSA) is 41.6 Å². The fraction of sp³-hybridized carbons (Fsp3) is 0.0667. The van der Waals surface area contributed by atoms with E-state index in [9.17, 15) is 4.39 Å². The van der Waals surface area contributed by atoms with Crippen LogP contribution in [0, 0.1) is 17.1 Å². The zero-order valence-corrected chi connectivity index (χ0v) is 11.3. The van der Waals surface area contributed by atoms with Gasteiger partial charge in [0.2, 0.25) is 0 Å². The fourth-order valence-electron chi connectivity index (χ4n) is 2.21. The molecule has 0 aliphatic carbocycles. The minimum Gasteiger partial charge on any atom is -0.327 e. The van der Waals surface area contributed by atoms with Gasteiger partial charge in [0.15, 0.2) is 0 Å². The molecule has 0 fully saturated rings. The Bertz CT molecular complexity index is 861. The second-order valence-corrected chi connectivity index (χ2v) is 4.84. The lowest BCUT2D eigenvalue weighted by molar-refractivity contribution is 0.629. The number of benzene rings is 2. The number of nitrogens with zero attached hydrogens (tertiary/aromatic N) is 3. The third-order valence-electron chi connectivity index (χ3n) is 3.20. The van der Waals surface area contributed by atoms with Gasteiger partial charge in [-0.15, -0.1) is 0 Å². The molecule has 0 aliphatic rings. The van der Waals surface area contributed by atoms with Crippen LogP contribution in [-0.4, -0.2) is 9.55 Å². The molecule has 0 saturated heterocycles. The van der Waals surface area contributed by atoms with Gasteiger partial charge in [-0.25, -0.2) is 9.37 Å². The molecule has 20 heavy (non-hydrogen) atoms. The summed E-state index contributed by atoms with van der Waals surface area (Å²) < 4.78 is 15.7. The molecule has 0 saturated carbocycles. The standard InChI is InChI=1S/C15H9ClFN3/c1-20-13-4-2-3-9(8-18)14(13)19-15(20)11-7-10(16)5-6-12(11)17/h2-7H,1H3. The van der Waals surface area contributed by atoms with Crippen molar-refractivity contribution in [1.29, 1.82) is 5.26 Å². The second-order valence-electron chi connectivity index (χ2n) is 4.40. The van der Waals surface area contributed by atoms with E-state index in [1.165, 1.54) is 18.2 Å². The molecular formula is C15H9ClFN3. The predicted octanol–water partition coefficient (Wildman–Crippen LogP) is 3.90. The van der Waals surface area contributed by atoms with Crippen LogP contribution < -0.4 is 0 Å². The number of rotatable bonds is 1. The van der Waals surface area contributed by atoms with E-state index in [-0.39, 0.29) is 0 Å². The van der Waals surface area contributed by atoms with E-state index in [0.717, 1.165) is 5.52 Å². The first-order chi connectivity index (χ1) is 9.61. The summed E-state index contributed by atoms with van der Waals surface area (Å²) in [5.41, 5.74) is 2.12. The molecule has 3 rings (SSSR count). The van der Waals surface area contributed by atoms with Gasteiger partial charge in [0.1, 0.15) is 23.2 Å². The molecule has 1 aromatic heterocycles. The Kier molecular flexibility index (Phi) is 2.92. The van der Waals surface area contributed by atoms with E-state index in [1.54, 1.807) is 23.7 Å². The van der Waals surface area contributed by atoms with Crippen LogP contribution in [0.2, 0.25) is 5.02 Å². The van der Waals surface area contributed by atoms with E-state index < -0.39 is 5.82 Å². The molecule has 0 radical (unpaired) electrons. The highest BCUT2D eigenvalue weighted by atomic mass is 35.5. The summed E-state index contributed by atoms with van der Waals surface area (Å²) in [6.07, 6.45) is 0. The van der Waals surface area contributed by atoms with Gasteiger partial charge in [-0.1, -0.05) is 17.7 Å². The first kappa shape index (κ1) is 12.6. The maximum atomic E-state index is 14.0. The van der Waals surface area contributed by atoms with Crippen LogP contribution in [-0.2, 0) is 7.05 Å². The zero-order chi connectivity index (χ0) is 14.3. The van der Waals surface area contributed by atoms with Gasteiger partial charge in [0.05, 0.1) is 16.6 Å². The van der Waals surface area contributed by atoms with Crippen LogP contribution in [0.25, 0.3) is 22.4 Å². The number of aryl methyl sites for hydroxylation is 1. The molecule has 0 spiro atoms. The fourth-order valence-corrected chi connectivity index (χ4v) is 2.39. The van der Waals surface area contributed by atoms with Gasteiger partial charge >= 0.3 is 0 Å². The highest BCUT2D eigenvalue weighted by molar-refractivity contribution is 6.30. The SMILES string of the molecule is Cn1c(-c2cc(Cl)ccc2F)nc2c(C#N)cccc21. The highest BCUT2D eigenvalue weighted by Gasteiger charge is 2.15. The third kappa shape index (κ3) is 1.84. The maximum Gasteiger partial charge on any atom is 0.143 e. The van der Waals surface area contributed by atoms with Crippen molar-refractivity contribution in [3.8, 4) is 17.5 Å². The van der Waals surface area contributed by atoms with E-state index >= 15 is 0 Å². The molecular weight excluding hydrogens is 277 g/mol. The quantitative estimate of drug-likeness (QED) is 0.680. The second kappa shape index (κ2) is 4.62. The van der Waals surface area contributed by atoms with Crippen LogP contribution in [0.15, 0.2) is 36.4 Å². The van der Waals surface area contributed by atoms with Crippen molar-refractivity contribution < 1.29 is 4.39 Å². The minimum absolute atomic E-state index is 0.320. The van der Waals surface area contributed by atoms with Gasteiger partial charge in [0.25, 0.3) is 0 Å². The molecule has 98 valence electrons. The Hall–Kier alpha value is -2.38. The van der Waals surface area contributed by atoms with Crippen molar-refractivity contribution in [2.45, 2.75) is 0 Å². The minimum atomic E-state index is -0.397. The first-order valence-corrected chi connectivity index (χ1v) is 6.30. The van der Waals surface area contributed by atoms with Crippen molar-refractivity contribution in [3.05, 3.63) is 52.8 Å². The monoisotopic (exact) mass is 285 g/mol. The molecule has 5 heteroatoms. The summed E-state index contributed by atoms with van der Waals surface area (Å²) >= 11 is 5.92. The van der Waals surface area contributed by atoms with Gasteiger partial charge in [-0.05, 0) is 30.3 Å². The maximum absolute atomic E-state index is 14.0. The van der Waals surface area contributed by atoms with Crippen LogP contribution in [0.5, 0.6) is 0 Å². The molecule has 0 N–H and O–H groups in total. The number of halogens is 2. The van der Waals surface area contributed by atoms with Crippen molar-refractivity contribution >= 4 is 22.6 Å². The average molecular weight is 286 g/mol. The van der Waals surface area contributed by atoms with Crippen molar-refractivity contribution in [1.82, 2.24) is 9.55 Å². The number of nitriles is 1. The number of fused-ring (bicyclic) bond motifs is 1. The van der Waals surface area contributed by atoms with Gasteiger partial charge < -0.3 is 4.57 Å². The van der Waals surface area contributed by atoms with E-state index in [2.05, 4.69) is 11.1 Å². The number of para-hydroxylation sites is 1. The Labute approximate surface area is 119 Å². The van der Waals surface area contributed by atoms with Crippen molar-refractivity contribution in [2.75, 3.05) is 0 Å². The Morgan fingerprint density at radius 1 is 1.30 bits per heavy atom. The van der Waals surface area contributed by atoms with Gasteiger partial charge in [-0.3, -0.25) is 0 Å². The van der Waals surface area contributed by atoms with Crippen LogP contribution in [0.1, 0.15) is 5.56 Å². The van der Waals surface area contributed by atoms with Gasteiger partial charge in [-0.2, -0.15) is 5.26 Å². The number of hydrogen-bond donors (Lipinski definition) is 0. The summed E-state index contributed by atoms with van der Waals surface area (Å²) in [7, 11) is 1.78. The molecule has 3 aromatic rings. The molecule has 0 aliphatic heterocycles. The molecule has 0 bridgehead atoms. The third-order valence-corrected chi connectivity index (χ3v) is 3.44. The molecule has 0 amide bonds. The van der Waals surface area contributed by atoms with Crippen molar-refractivity contribution in [2.24, 2.45) is 7.05 Å². The molecule has 0 atom stereocenters.